The summed E-state index contributed by atoms with van der Waals surface area (Å²) in [6.45, 7) is 5.25. The smallest absolute Gasteiger partial charge is 0.160 e. The first kappa shape index (κ1) is 23.5. The average molecular weight is 486 g/mol. The number of allylic oxidation sites excluding steroid dienone is 1. The zero-order chi connectivity index (χ0) is 24.3. The average Bonchev–Trinajstić information content (AvgIpc) is 3.25. The summed E-state index contributed by atoms with van der Waals surface area (Å²) in [7, 11) is 0. The van der Waals surface area contributed by atoms with Crippen LogP contribution in [0, 0.1) is 0 Å². The number of carbonyl (C=O) groups excluding carboxylic acids is 1. The van der Waals surface area contributed by atoms with Gasteiger partial charge in [0.1, 0.15) is 18.1 Å². The molecule has 0 saturated carbocycles. The molecule has 2 aromatic carbocycles. The van der Waals surface area contributed by atoms with Gasteiger partial charge in [-0.1, -0.05) is 43.2 Å². The fourth-order valence-electron chi connectivity index (χ4n) is 5.93. The van der Waals surface area contributed by atoms with Crippen LogP contribution >= 0.6 is 0 Å². The largest absolute Gasteiger partial charge is 0.492 e. The Morgan fingerprint density at radius 2 is 1.83 bits per heavy atom. The molecule has 188 valence electrons. The van der Waals surface area contributed by atoms with E-state index in [0.717, 1.165) is 63.8 Å². The number of carbonyl (C=O) groups is 1. The number of rotatable bonds is 5. The molecule has 3 aliphatic heterocycles. The van der Waals surface area contributed by atoms with Gasteiger partial charge in [0, 0.05) is 36.6 Å². The molecule has 0 amide bonds. The predicted molar refractivity (Wildman–Crippen MR) is 141 cm³/mol. The van der Waals surface area contributed by atoms with Gasteiger partial charge in [0.25, 0.3) is 0 Å². The summed E-state index contributed by atoms with van der Waals surface area (Å²) in [6.07, 6.45) is 11.3. The summed E-state index contributed by atoms with van der Waals surface area (Å²) in [4.78, 5) is 15.4. The molecular weight excluding hydrogens is 450 g/mol. The first-order valence-electron chi connectivity index (χ1n) is 13.5. The van der Waals surface area contributed by atoms with Crippen molar-refractivity contribution in [3.8, 4) is 11.5 Å². The molecule has 0 radical (unpaired) electrons. The van der Waals surface area contributed by atoms with Gasteiger partial charge < -0.3 is 14.2 Å². The summed E-state index contributed by atoms with van der Waals surface area (Å²) >= 11 is 0. The summed E-state index contributed by atoms with van der Waals surface area (Å²) in [5.74, 6) is 1.91. The summed E-state index contributed by atoms with van der Waals surface area (Å²) < 4.78 is 18.4. The quantitative estimate of drug-likeness (QED) is 0.644. The van der Waals surface area contributed by atoms with Crippen LogP contribution in [0.5, 0.6) is 11.5 Å². The van der Waals surface area contributed by atoms with Crippen molar-refractivity contribution in [3.63, 3.8) is 0 Å². The van der Waals surface area contributed by atoms with Crippen molar-refractivity contribution in [3.05, 3.63) is 69.6 Å². The summed E-state index contributed by atoms with van der Waals surface area (Å²) in [5, 5.41) is 2.20. The maximum absolute atomic E-state index is 12.9. The van der Waals surface area contributed by atoms with E-state index in [1.807, 2.05) is 18.2 Å². The Hall–Kier alpha value is -2.89. The molecule has 36 heavy (non-hydrogen) atoms. The van der Waals surface area contributed by atoms with Gasteiger partial charge >= 0.3 is 0 Å². The van der Waals surface area contributed by atoms with E-state index < -0.39 is 0 Å². The van der Waals surface area contributed by atoms with E-state index in [1.54, 1.807) is 0 Å². The number of fused-ring (bicyclic) bond motifs is 4. The minimum Gasteiger partial charge on any atom is -0.492 e. The van der Waals surface area contributed by atoms with Gasteiger partial charge in [-0.2, -0.15) is 0 Å². The lowest BCUT2D eigenvalue weighted by atomic mass is 9.91. The molecule has 0 bridgehead atoms. The molecule has 1 atom stereocenters. The second-order valence-corrected chi connectivity index (χ2v) is 10.3. The molecule has 2 fully saturated rings. The van der Waals surface area contributed by atoms with Gasteiger partial charge in [-0.25, -0.2) is 0 Å². The maximum atomic E-state index is 12.9. The van der Waals surface area contributed by atoms with Gasteiger partial charge in [-0.05, 0) is 66.1 Å². The molecule has 2 saturated heterocycles. The Labute approximate surface area is 213 Å². The number of hydrogen-bond acceptors (Lipinski definition) is 5. The molecule has 4 aliphatic rings. The van der Waals surface area contributed by atoms with Gasteiger partial charge in [0.2, 0.25) is 0 Å². The lowest BCUT2D eigenvalue weighted by Crippen LogP contribution is -2.29. The second kappa shape index (κ2) is 10.6. The number of nitrogens with zero attached hydrogens (tertiary/aromatic N) is 1. The summed E-state index contributed by atoms with van der Waals surface area (Å²) in [5.41, 5.74) is 4.35. The van der Waals surface area contributed by atoms with E-state index in [9.17, 15) is 4.79 Å². The van der Waals surface area contributed by atoms with Gasteiger partial charge in [0.15, 0.2) is 5.78 Å². The monoisotopic (exact) mass is 485 g/mol. The van der Waals surface area contributed by atoms with Crippen LogP contribution in [0.3, 0.4) is 0 Å². The van der Waals surface area contributed by atoms with Crippen LogP contribution in [0.25, 0.3) is 11.6 Å². The molecule has 0 aromatic heterocycles. The Kier molecular flexibility index (Phi) is 6.93. The molecular formula is C31H35NO4. The fourth-order valence-corrected chi connectivity index (χ4v) is 5.93. The first-order valence-corrected chi connectivity index (χ1v) is 13.5. The Morgan fingerprint density at radius 1 is 1.00 bits per heavy atom. The number of likely N-dealkylation sites (tertiary alicyclic amines) is 1. The van der Waals surface area contributed by atoms with Crippen LogP contribution in [-0.4, -0.2) is 50.1 Å². The Balaban J connectivity index is 1.15. The van der Waals surface area contributed by atoms with Crippen LogP contribution in [0.4, 0.5) is 0 Å². The Morgan fingerprint density at radius 3 is 2.67 bits per heavy atom. The maximum Gasteiger partial charge on any atom is 0.160 e. The molecule has 0 spiro atoms. The van der Waals surface area contributed by atoms with Crippen molar-refractivity contribution in [2.75, 3.05) is 39.5 Å². The number of ketones is 1. The molecule has 3 heterocycles. The van der Waals surface area contributed by atoms with Crippen molar-refractivity contribution >= 4 is 17.4 Å². The molecule has 6 rings (SSSR count). The summed E-state index contributed by atoms with van der Waals surface area (Å²) in [6, 6.07) is 12.5. The standard InChI is InChI=1S/C31H35NO4/c33-25-18-24-19-30(22-7-10-26(11-8-22)34-17-15-32-13-3-1-2-4-14-32)36-21-29(24)27-12-9-23-6-5-16-35-31(23)28(27)20-25/h6-12,18,30H,1-5,13-17,19-21H2/t30-/m1/s1. The third kappa shape index (κ3) is 5.00. The van der Waals surface area contributed by atoms with E-state index in [1.165, 1.54) is 38.8 Å². The van der Waals surface area contributed by atoms with Crippen molar-refractivity contribution in [1.29, 1.82) is 0 Å². The highest BCUT2D eigenvalue weighted by molar-refractivity contribution is 5.96. The molecule has 5 heteroatoms. The topological polar surface area (TPSA) is 48.0 Å². The van der Waals surface area contributed by atoms with Gasteiger partial charge in [-0.3, -0.25) is 9.69 Å². The van der Waals surface area contributed by atoms with Gasteiger partial charge in [0.05, 0.1) is 19.3 Å². The lowest BCUT2D eigenvalue weighted by Gasteiger charge is -2.28. The lowest BCUT2D eigenvalue weighted by molar-refractivity contribution is -0.114. The molecule has 0 unspecified atom stereocenters. The minimum atomic E-state index is -0.0669. The second-order valence-electron chi connectivity index (χ2n) is 10.3. The van der Waals surface area contributed by atoms with Crippen LogP contribution in [-0.2, 0) is 16.0 Å². The number of benzene rings is 2. The van der Waals surface area contributed by atoms with E-state index >= 15 is 0 Å². The van der Waals surface area contributed by atoms with Crippen molar-refractivity contribution in [2.24, 2.45) is 0 Å². The van der Waals surface area contributed by atoms with Crippen molar-refractivity contribution in [1.82, 2.24) is 4.90 Å². The minimum absolute atomic E-state index is 0.0669. The van der Waals surface area contributed by atoms with E-state index in [4.69, 9.17) is 14.2 Å². The van der Waals surface area contributed by atoms with Crippen LogP contribution < -0.4 is 19.9 Å². The van der Waals surface area contributed by atoms with E-state index in [-0.39, 0.29) is 11.9 Å². The normalized spacial score (nSPS) is 22.1. The highest BCUT2D eigenvalue weighted by atomic mass is 16.5. The van der Waals surface area contributed by atoms with E-state index in [2.05, 4.69) is 35.2 Å². The van der Waals surface area contributed by atoms with Crippen LogP contribution in [0.15, 0.2) is 48.0 Å². The highest BCUT2D eigenvalue weighted by Gasteiger charge is 2.28. The van der Waals surface area contributed by atoms with Crippen molar-refractivity contribution < 1.29 is 19.0 Å². The number of ether oxygens (including phenoxy) is 3. The first-order chi connectivity index (χ1) is 17.7. The third-order valence-corrected chi connectivity index (χ3v) is 7.88. The third-order valence-electron chi connectivity index (χ3n) is 7.88. The van der Waals surface area contributed by atoms with Crippen LogP contribution in [0.1, 0.15) is 55.8 Å². The van der Waals surface area contributed by atoms with Gasteiger partial charge in [-0.15, -0.1) is 0 Å². The molecule has 2 aromatic rings. The van der Waals surface area contributed by atoms with Crippen LogP contribution in [0.2, 0.25) is 0 Å². The molecule has 0 N–H and O–H groups in total. The molecule has 1 aliphatic carbocycles. The zero-order valence-electron chi connectivity index (χ0n) is 21.0. The van der Waals surface area contributed by atoms with Crippen molar-refractivity contribution in [2.45, 2.75) is 51.0 Å². The molecule has 5 nitrogen and oxygen atoms in total. The Bertz CT molecular complexity index is 1270. The SMILES string of the molecule is O=C1C=C2C[C@H](c3ccc(OCCN4CCCCCC4)cc3)OCC2=c2ccc3c(c2C1)OCCC=3. The number of hydrogen-bond donors (Lipinski definition) is 0. The zero-order valence-corrected chi connectivity index (χ0v) is 21.0. The predicted octanol–water partition coefficient (Wildman–Crippen LogP) is 3.87. The highest BCUT2D eigenvalue weighted by Crippen LogP contribution is 2.36. The van der Waals surface area contributed by atoms with E-state index in [0.29, 0.717) is 26.1 Å². The fraction of sp³-hybridized carbons (Fsp3) is 0.452.